The van der Waals surface area contributed by atoms with Crippen molar-refractivity contribution >= 4 is 17.4 Å². The highest BCUT2D eigenvalue weighted by Crippen LogP contribution is 2.28. The Hall–Kier alpha value is -2.16. The van der Waals surface area contributed by atoms with E-state index in [-0.39, 0.29) is 24.0 Å². The van der Waals surface area contributed by atoms with Crippen molar-refractivity contribution in [3.05, 3.63) is 15.8 Å². The van der Waals surface area contributed by atoms with Crippen LogP contribution in [0.5, 0.6) is 0 Å². The minimum absolute atomic E-state index is 0.0599. The largest absolute Gasteiger partial charge is 0.383 e. The first-order chi connectivity index (χ1) is 10.0. The van der Waals surface area contributed by atoms with Crippen molar-refractivity contribution in [1.29, 1.82) is 0 Å². The Morgan fingerprint density at radius 1 is 1.52 bits per heavy atom. The molecular weight excluding hydrogens is 278 g/mol. The molecule has 0 aliphatic rings. The first-order valence-electron chi connectivity index (χ1n) is 6.71. The van der Waals surface area contributed by atoms with Gasteiger partial charge in [-0.15, -0.1) is 0 Å². The molecule has 9 nitrogen and oxygen atoms in total. The van der Waals surface area contributed by atoms with Gasteiger partial charge in [-0.1, -0.05) is 13.3 Å². The number of methoxy groups -OCH3 is 1. The number of nitrogens with zero attached hydrogens (tertiary/aromatic N) is 3. The molecule has 0 fully saturated rings. The Morgan fingerprint density at radius 3 is 2.81 bits per heavy atom. The van der Waals surface area contributed by atoms with E-state index >= 15 is 0 Å². The molecule has 0 saturated heterocycles. The lowest BCUT2D eigenvalue weighted by Gasteiger charge is -2.07. The van der Waals surface area contributed by atoms with E-state index in [1.807, 2.05) is 6.92 Å². The molecule has 9 heteroatoms. The number of nitrogens with one attached hydrogen (secondary N) is 2. The Labute approximate surface area is 122 Å². The molecule has 0 radical (unpaired) electrons. The van der Waals surface area contributed by atoms with Gasteiger partial charge in [0.2, 0.25) is 11.7 Å². The monoisotopic (exact) mass is 299 g/mol. The first kappa shape index (κ1) is 16.9. The standard InChI is InChI=1S/C12H21N5O4/c1-4-5-9-11(17(19)20)12(16(2)15-9)14-8-10(18)13-6-7-21-3/h14H,4-8H2,1-3H3,(H,13,18). The molecule has 0 aliphatic carbocycles. The summed E-state index contributed by atoms with van der Waals surface area (Å²) in [4.78, 5) is 22.3. The van der Waals surface area contributed by atoms with E-state index in [1.54, 1.807) is 14.2 Å². The molecule has 0 spiro atoms. The summed E-state index contributed by atoms with van der Waals surface area (Å²) in [5.41, 5.74) is 0.358. The number of aromatic nitrogens is 2. The molecule has 1 aromatic heterocycles. The highest BCUT2D eigenvalue weighted by atomic mass is 16.6. The third kappa shape index (κ3) is 4.71. The zero-order valence-electron chi connectivity index (χ0n) is 12.5. The number of hydrogen-bond donors (Lipinski definition) is 2. The van der Waals surface area contributed by atoms with Crippen LogP contribution >= 0.6 is 0 Å². The number of ether oxygens (including phenoxy) is 1. The van der Waals surface area contributed by atoms with Gasteiger partial charge in [0.15, 0.2) is 0 Å². The van der Waals surface area contributed by atoms with E-state index in [2.05, 4.69) is 15.7 Å². The van der Waals surface area contributed by atoms with Crippen LogP contribution in [0.2, 0.25) is 0 Å². The normalized spacial score (nSPS) is 10.4. The summed E-state index contributed by atoms with van der Waals surface area (Å²) < 4.78 is 6.21. The summed E-state index contributed by atoms with van der Waals surface area (Å²) in [6.07, 6.45) is 1.28. The van der Waals surface area contributed by atoms with Gasteiger partial charge in [-0.2, -0.15) is 5.10 Å². The Balaban J connectivity index is 2.74. The highest BCUT2D eigenvalue weighted by Gasteiger charge is 2.26. The van der Waals surface area contributed by atoms with Gasteiger partial charge in [-0.25, -0.2) is 4.68 Å². The van der Waals surface area contributed by atoms with Gasteiger partial charge in [0.05, 0.1) is 18.1 Å². The molecule has 0 atom stereocenters. The molecule has 1 heterocycles. The zero-order chi connectivity index (χ0) is 15.8. The fourth-order valence-corrected chi connectivity index (χ4v) is 1.88. The van der Waals surface area contributed by atoms with Crippen LogP contribution < -0.4 is 10.6 Å². The van der Waals surface area contributed by atoms with Gasteiger partial charge >= 0.3 is 5.69 Å². The topological polar surface area (TPSA) is 111 Å². The molecule has 1 amide bonds. The second kappa shape index (κ2) is 8.20. The van der Waals surface area contributed by atoms with Gasteiger partial charge in [-0.05, 0) is 6.42 Å². The molecule has 1 aromatic rings. The van der Waals surface area contributed by atoms with E-state index in [0.29, 0.717) is 25.3 Å². The predicted octanol–water partition coefficient (Wildman–Crippen LogP) is 0.455. The Kier molecular flexibility index (Phi) is 6.60. The maximum absolute atomic E-state index is 11.6. The lowest BCUT2D eigenvalue weighted by Crippen LogP contribution is -2.32. The van der Waals surface area contributed by atoms with Crippen LogP contribution in [0.1, 0.15) is 19.0 Å². The summed E-state index contributed by atoms with van der Waals surface area (Å²) in [6, 6.07) is 0. The fraction of sp³-hybridized carbons (Fsp3) is 0.667. The molecule has 0 aliphatic heterocycles. The van der Waals surface area contributed by atoms with Crippen molar-refractivity contribution in [2.75, 3.05) is 32.1 Å². The molecule has 0 saturated carbocycles. The first-order valence-corrected chi connectivity index (χ1v) is 6.71. The summed E-state index contributed by atoms with van der Waals surface area (Å²) >= 11 is 0. The fourth-order valence-electron chi connectivity index (χ4n) is 1.88. The van der Waals surface area contributed by atoms with Crippen LogP contribution in [0, 0.1) is 10.1 Å². The molecule has 0 bridgehead atoms. The number of nitro groups is 1. The van der Waals surface area contributed by atoms with Crippen molar-refractivity contribution in [3.8, 4) is 0 Å². The average molecular weight is 299 g/mol. The number of carbonyl (C=O) groups is 1. The second-order valence-electron chi connectivity index (χ2n) is 4.47. The minimum Gasteiger partial charge on any atom is -0.383 e. The molecule has 0 unspecified atom stereocenters. The number of hydrogen-bond acceptors (Lipinski definition) is 6. The second-order valence-corrected chi connectivity index (χ2v) is 4.47. The Bertz CT molecular complexity index is 500. The van der Waals surface area contributed by atoms with Gasteiger partial charge < -0.3 is 15.4 Å². The number of amides is 1. The van der Waals surface area contributed by atoms with Gasteiger partial charge in [-0.3, -0.25) is 14.9 Å². The van der Waals surface area contributed by atoms with Crippen molar-refractivity contribution in [2.45, 2.75) is 19.8 Å². The summed E-state index contributed by atoms with van der Waals surface area (Å²) in [5.74, 6) is -0.0232. The molecule has 2 N–H and O–H groups in total. The van der Waals surface area contributed by atoms with Crippen molar-refractivity contribution < 1.29 is 14.5 Å². The average Bonchev–Trinajstić information content (AvgIpc) is 2.73. The SMILES string of the molecule is CCCc1nn(C)c(NCC(=O)NCCOC)c1[N+](=O)[O-]. The Morgan fingerprint density at radius 2 is 2.24 bits per heavy atom. The van der Waals surface area contributed by atoms with E-state index in [1.165, 1.54) is 4.68 Å². The smallest absolute Gasteiger partial charge is 0.334 e. The van der Waals surface area contributed by atoms with Crippen LogP contribution in [0.4, 0.5) is 11.5 Å². The zero-order valence-corrected chi connectivity index (χ0v) is 12.5. The molecule has 118 valence electrons. The lowest BCUT2D eigenvalue weighted by atomic mass is 10.2. The molecular formula is C12H21N5O4. The van der Waals surface area contributed by atoms with Gasteiger partial charge in [0, 0.05) is 20.7 Å². The van der Waals surface area contributed by atoms with Gasteiger partial charge in [0.1, 0.15) is 5.69 Å². The van der Waals surface area contributed by atoms with Gasteiger partial charge in [0.25, 0.3) is 0 Å². The van der Waals surface area contributed by atoms with Crippen LogP contribution in [-0.4, -0.2) is 47.4 Å². The van der Waals surface area contributed by atoms with Crippen LogP contribution in [0.15, 0.2) is 0 Å². The number of aryl methyl sites for hydroxylation is 2. The van der Waals surface area contributed by atoms with Crippen LogP contribution in [-0.2, 0) is 23.0 Å². The minimum atomic E-state index is -0.469. The molecule has 1 rings (SSSR count). The van der Waals surface area contributed by atoms with E-state index in [0.717, 1.165) is 6.42 Å². The summed E-state index contributed by atoms with van der Waals surface area (Å²) in [7, 11) is 3.15. The highest BCUT2D eigenvalue weighted by molar-refractivity contribution is 5.81. The van der Waals surface area contributed by atoms with Crippen LogP contribution in [0.25, 0.3) is 0 Å². The number of anilines is 1. The maximum Gasteiger partial charge on any atom is 0.334 e. The molecule has 21 heavy (non-hydrogen) atoms. The lowest BCUT2D eigenvalue weighted by molar-refractivity contribution is -0.384. The predicted molar refractivity (Wildman–Crippen MR) is 77.2 cm³/mol. The number of carbonyl (C=O) groups excluding carboxylic acids is 1. The molecule has 0 aromatic carbocycles. The maximum atomic E-state index is 11.6. The van der Waals surface area contributed by atoms with E-state index in [9.17, 15) is 14.9 Å². The van der Waals surface area contributed by atoms with Crippen LogP contribution in [0.3, 0.4) is 0 Å². The van der Waals surface area contributed by atoms with Crippen molar-refractivity contribution in [1.82, 2.24) is 15.1 Å². The summed E-state index contributed by atoms with van der Waals surface area (Å²) in [6.45, 7) is 2.67. The number of rotatable bonds is 9. The third-order valence-corrected chi connectivity index (χ3v) is 2.81. The third-order valence-electron chi connectivity index (χ3n) is 2.81. The summed E-state index contributed by atoms with van der Waals surface area (Å²) in [5, 5.41) is 20.7. The van der Waals surface area contributed by atoms with E-state index < -0.39 is 4.92 Å². The van der Waals surface area contributed by atoms with Crippen molar-refractivity contribution in [2.24, 2.45) is 7.05 Å². The quantitative estimate of drug-likeness (QED) is 0.389. The van der Waals surface area contributed by atoms with Crippen molar-refractivity contribution in [3.63, 3.8) is 0 Å². The van der Waals surface area contributed by atoms with E-state index in [4.69, 9.17) is 4.74 Å².